The summed E-state index contributed by atoms with van der Waals surface area (Å²) in [5.74, 6) is 0.650. The number of benzene rings is 1. The van der Waals surface area contributed by atoms with E-state index in [2.05, 4.69) is 31.9 Å². The van der Waals surface area contributed by atoms with Gasteiger partial charge in [-0.2, -0.15) is 10.1 Å². The van der Waals surface area contributed by atoms with E-state index in [1.54, 1.807) is 24.4 Å². The Morgan fingerprint density at radius 2 is 2.23 bits per heavy atom. The van der Waals surface area contributed by atoms with Gasteiger partial charge in [0.1, 0.15) is 0 Å². The average molecular weight is 353 g/mol. The molecule has 1 aliphatic rings. The molecule has 0 fully saturated rings. The van der Waals surface area contributed by atoms with Crippen molar-refractivity contribution in [1.29, 1.82) is 0 Å². The van der Waals surface area contributed by atoms with Crippen LogP contribution < -0.4 is 10.6 Å². The Kier molecular flexibility index (Phi) is 6.14. The topological polar surface area (TPSA) is 89.0 Å². The van der Waals surface area contributed by atoms with Crippen LogP contribution in [0.1, 0.15) is 42.5 Å². The lowest BCUT2D eigenvalue weighted by Crippen LogP contribution is -2.08. The fourth-order valence-electron chi connectivity index (χ4n) is 2.90. The summed E-state index contributed by atoms with van der Waals surface area (Å²) in [5, 5.41) is 14.3. The molecule has 0 saturated heterocycles. The number of esters is 1. The number of allylic oxidation sites excluding steroid dienone is 1. The van der Waals surface area contributed by atoms with E-state index in [0.717, 1.165) is 13.0 Å². The first-order valence-corrected chi connectivity index (χ1v) is 8.81. The second-order valence-electron chi connectivity index (χ2n) is 6.15. The number of anilines is 3. The van der Waals surface area contributed by atoms with Crippen LogP contribution in [0.3, 0.4) is 0 Å². The van der Waals surface area contributed by atoms with Gasteiger partial charge in [-0.15, -0.1) is 5.10 Å². The summed E-state index contributed by atoms with van der Waals surface area (Å²) in [6.45, 7) is 0.821. The highest BCUT2D eigenvalue weighted by atomic mass is 16.5. The van der Waals surface area contributed by atoms with Crippen molar-refractivity contribution in [3.05, 3.63) is 47.7 Å². The van der Waals surface area contributed by atoms with Crippen LogP contribution in [0.15, 0.2) is 42.1 Å². The third kappa shape index (κ3) is 5.02. The van der Waals surface area contributed by atoms with Gasteiger partial charge < -0.3 is 15.4 Å². The zero-order valence-electron chi connectivity index (χ0n) is 14.9. The van der Waals surface area contributed by atoms with Crippen LogP contribution in [0.5, 0.6) is 0 Å². The number of nitrogens with one attached hydrogen (secondary N) is 2. The van der Waals surface area contributed by atoms with Gasteiger partial charge in [-0.1, -0.05) is 17.7 Å². The van der Waals surface area contributed by atoms with E-state index < -0.39 is 0 Å². The quantitative estimate of drug-likeness (QED) is 0.579. The van der Waals surface area contributed by atoms with E-state index in [9.17, 15) is 4.79 Å². The number of aromatic nitrogens is 3. The van der Waals surface area contributed by atoms with Gasteiger partial charge in [-0.05, 0) is 50.3 Å². The Bertz CT molecular complexity index is 791. The van der Waals surface area contributed by atoms with Crippen LogP contribution in [-0.4, -0.2) is 34.8 Å². The van der Waals surface area contributed by atoms with Crippen molar-refractivity contribution in [2.45, 2.75) is 32.1 Å². The van der Waals surface area contributed by atoms with Crippen LogP contribution in [0.2, 0.25) is 0 Å². The smallest absolute Gasteiger partial charge is 0.337 e. The molecule has 1 heterocycles. The predicted octanol–water partition coefficient (Wildman–Crippen LogP) is 3.70. The largest absolute Gasteiger partial charge is 0.465 e. The molecule has 0 bridgehead atoms. The molecule has 1 aliphatic carbocycles. The number of rotatable bonds is 7. The minimum atomic E-state index is -0.389. The fraction of sp³-hybridized carbons (Fsp3) is 0.368. The number of ether oxygens (including phenoxy) is 1. The molecule has 2 N–H and O–H groups in total. The summed E-state index contributed by atoms with van der Waals surface area (Å²) >= 11 is 0. The Balaban J connectivity index is 1.58. The third-order valence-electron chi connectivity index (χ3n) is 4.24. The lowest BCUT2D eigenvalue weighted by Gasteiger charge is -2.13. The summed E-state index contributed by atoms with van der Waals surface area (Å²) in [6, 6.07) is 6.96. The Labute approximate surface area is 152 Å². The predicted molar refractivity (Wildman–Crippen MR) is 101 cm³/mol. The summed E-state index contributed by atoms with van der Waals surface area (Å²) < 4.78 is 4.73. The molecule has 26 heavy (non-hydrogen) atoms. The van der Waals surface area contributed by atoms with Gasteiger partial charge >= 0.3 is 5.97 Å². The van der Waals surface area contributed by atoms with Gasteiger partial charge in [0.15, 0.2) is 5.82 Å². The van der Waals surface area contributed by atoms with Gasteiger partial charge in [0.2, 0.25) is 5.95 Å². The van der Waals surface area contributed by atoms with Gasteiger partial charge in [0.25, 0.3) is 0 Å². The maximum absolute atomic E-state index is 11.6. The highest BCUT2D eigenvalue weighted by molar-refractivity contribution is 5.90. The van der Waals surface area contributed by atoms with Crippen LogP contribution in [0, 0.1) is 0 Å². The van der Waals surface area contributed by atoms with Crippen LogP contribution in [-0.2, 0) is 4.74 Å². The molecule has 7 heteroatoms. The minimum absolute atomic E-state index is 0.369. The number of nitrogens with zero attached hydrogens (tertiary/aromatic N) is 3. The van der Waals surface area contributed by atoms with Crippen LogP contribution >= 0.6 is 0 Å². The number of hydrogen-bond donors (Lipinski definition) is 2. The number of hydrogen-bond acceptors (Lipinski definition) is 7. The lowest BCUT2D eigenvalue weighted by atomic mass is 9.97. The Morgan fingerprint density at radius 3 is 3.04 bits per heavy atom. The summed E-state index contributed by atoms with van der Waals surface area (Å²) in [6.07, 6.45) is 9.97. The molecule has 7 nitrogen and oxygen atoms in total. The lowest BCUT2D eigenvalue weighted by molar-refractivity contribution is 0.0601. The fourth-order valence-corrected chi connectivity index (χ4v) is 2.90. The Hall–Kier alpha value is -2.96. The van der Waals surface area contributed by atoms with E-state index >= 15 is 0 Å². The monoisotopic (exact) mass is 353 g/mol. The minimum Gasteiger partial charge on any atom is -0.465 e. The van der Waals surface area contributed by atoms with E-state index in [4.69, 9.17) is 4.74 Å². The summed E-state index contributed by atoms with van der Waals surface area (Å²) in [5.41, 5.74) is 2.67. The van der Waals surface area contributed by atoms with Gasteiger partial charge in [0.05, 0.1) is 18.9 Å². The zero-order chi connectivity index (χ0) is 18.2. The van der Waals surface area contributed by atoms with Crippen molar-refractivity contribution >= 4 is 23.4 Å². The second-order valence-corrected chi connectivity index (χ2v) is 6.15. The molecule has 136 valence electrons. The molecule has 1 aromatic heterocycles. The molecule has 0 atom stereocenters. The highest BCUT2D eigenvalue weighted by Gasteiger charge is 2.08. The zero-order valence-corrected chi connectivity index (χ0v) is 14.9. The van der Waals surface area contributed by atoms with Crippen molar-refractivity contribution in [2.24, 2.45) is 0 Å². The Morgan fingerprint density at radius 1 is 1.31 bits per heavy atom. The summed E-state index contributed by atoms with van der Waals surface area (Å²) in [4.78, 5) is 16.0. The first-order valence-electron chi connectivity index (χ1n) is 8.81. The van der Waals surface area contributed by atoms with Crippen molar-refractivity contribution in [1.82, 2.24) is 15.2 Å². The molecule has 0 unspecified atom stereocenters. The molecule has 0 aliphatic heterocycles. The SMILES string of the molecule is COC(=O)c1cccc(Nc2nncc(NCCC3=CCCCC3)n2)c1. The van der Waals surface area contributed by atoms with Gasteiger partial charge in [0, 0.05) is 12.2 Å². The molecule has 2 aromatic rings. The summed E-state index contributed by atoms with van der Waals surface area (Å²) in [7, 11) is 1.36. The molecule has 0 radical (unpaired) electrons. The van der Waals surface area contributed by atoms with Crippen LogP contribution in [0.25, 0.3) is 0 Å². The van der Waals surface area contributed by atoms with Gasteiger partial charge in [-0.25, -0.2) is 4.79 Å². The molecule has 0 amide bonds. The van der Waals surface area contributed by atoms with E-state index in [-0.39, 0.29) is 5.97 Å². The number of carbonyl (C=O) groups excluding carboxylic acids is 1. The van der Waals surface area contributed by atoms with E-state index in [1.807, 2.05) is 6.07 Å². The van der Waals surface area contributed by atoms with Crippen LogP contribution in [0.4, 0.5) is 17.5 Å². The molecular weight excluding hydrogens is 330 g/mol. The van der Waals surface area contributed by atoms with Gasteiger partial charge in [-0.3, -0.25) is 0 Å². The maximum atomic E-state index is 11.6. The van der Waals surface area contributed by atoms with Crippen molar-refractivity contribution < 1.29 is 9.53 Å². The molecule has 1 aromatic carbocycles. The maximum Gasteiger partial charge on any atom is 0.337 e. The van der Waals surface area contributed by atoms with Crippen molar-refractivity contribution in [3.63, 3.8) is 0 Å². The first kappa shape index (κ1) is 17.8. The van der Waals surface area contributed by atoms with E-state index in [1.165, 1.54) is 38.4 Å². The van der Waals surface area contributed by atoms with E-state index in [0.29, 0.717) is 23.0 Å². The highest BCUT2D eigenvalue weighted by Crippen LogP contribution is 2.20. The number of methoxy groups -OCH3 is 1. The van der Waals surface area contributed by atoms with Crippen molar-refractivity contribution in [2.75, 3.05) is 24.3 Å². The molecule has 0 spiro atoms. The first-order chi connectivity index (χ1) is 12.7. The standard InChI is InChI=1S/C19H23N5O2/c1-26-18(25)15-8-5-9-16(12-15)22-19-23-17(13-21-24-19)20-11-10-14-6-3-2-4-7-14/h5-6,8-9,12-13H,2-4,7,10-11H2,1H3,(H2,20,22,23,24). The normalized spacial score (nSPS) is 13.7. The van der Waals surface area contributed by atoms with Crippen molar-refractivity contribution in [3.8, 4) is 0 Å². The molecule has 3 rings (SSSR count). The molecule has 0 saturated carbocycles. The second kappa shape index (κ2) is 8.94. The number of carbonyl (C=O) groups is 1. The molecular formula is C19H23N5O2. The third-order valence-corrected chi connectivity index (χ3v) is 4.24. The average Bonchev–Trinajstić information content (AvgIpc) is 2.69.